The molecule has 1 aromatic rings. The van der Waals surface area contributed by atoms with Crippen LogP contribution in [0.25, 0.3) is 0 Å². The van der Waals surface area contributed by atoms with Crippen molar-refractivity contribution in [3.63, 3.8) is 0 Å². The van der Waals surface area contributed by atoms with E-state index in [1.807, 2.05) is 26.2 Å². The van der Waals surface area contributed by atoms with Crippen LogP contribution in [-0.2, 0) is 9.63 Å². The molecule has 0 spiro atoms. The number of oxime groups is 1. The van der Waals surface area contributed by atoms with Gasteiger partial charge in [-0.05, 0) is 38.3 Å². The van der Waals surface area contributed by atoms with Gasteiger partial charge >= 0.3 is 6.09 Å². The summed E-state index contributed by atoms with van der Waals surface area (Å²) in [7, 11) is 3.21. The molecular weight excluding hydrogens is 400 g/mol. The first kappa shape index (κ1) is 22.1. The predicted octanol–water partition coefficient (Wildman–Crippen LogP) is 2.64. The second kappa shape index (κ2) is 9.83. The Labute approximate surface area is 173 Å². The van der Waals surface area contributed by atoms with Gasteiger partial charge in [-0.15, -0.1) is 11.8 Å². The number of carbonyl (C=O) groups is 3. The average molecular weight is 425 g/mol. The lowest BCUT2D eigenvalue weighted by atomic mass is 10.1. The third kappa shape index (κ3) is 5.20. The van der Waals surface area contributed by atoms with Crippen LogP contribution in [0.4, 0.5) is 10.5 Å². The van der Waals surface area contributed by atoms with E-state index >= 15 is 0 Å². The SMILES string of the molecule is CNC(=O)c1cc(SC)ccc1N(C(=O)ON=C1CN(C)C(=O)CS1)C(C)C. The molecule has 1 heterocycles. The summed E-state index contributed by atoms with van der Waals surface area (Å²) in [6.07, 6.45) is 1.22. The number of nitrogens with zero attached hydrogens (tertiary/aromatic N) is 3. The predicted molar refractivity (Wildman–Crippen MR) is 113 cm³/mol. The molecule has 0 aromatic heterocycles. The Morgan fingerprint density at radius 1 is 1.39 bits per heavy atom. The van der Waals surface area contributed by atoms with Crippen LogP contribution in [-0.4, -0.2) is 66.5 Å². The Balaban J connectivity index is 2.29. The first-order valence-corrected chi connectivity index (χ1v) is 10.8. The van der Waals surface area contributed by atoms with E-state index in [4.69, 9.17) is 4.84 Å². The highest BCUT2D eigenvalue weighted by atomic mass is 32.2. The van der Waals surface area contributed by atoms with Crippen molar-refractivity contribution < 1.29 is 19.2 Å². The van der Waals surface area contributed by atoms with Gasteiger partial charge in [-0.2, -0.15) is 0 Å². The van der Waals surface area contributed by atoms with E-state index in [0.717, 1.165) is 4.90 Å². The van der Waals surface area contributed by atoms with Crippen LogP contribution in [0, 0.1) is 0 Å². The van der Waals surface area contributed by atoms with Crippen LogP contribution >= 0.6 is 23.5 Å². The zero-order chi connectivity index (χ0) is 20.8. The minimum atomic E-state index is -0.690. The van der Waals surface area contributed by atoms with E-state index in [1.165, 1.54) is 33.3 Å². The normalized spacial score (nSPS) is 15.7. The van der Waals surface area contributed by atoms with Crippen LogP contribution < -0.4 is 10.2 Å². The maximum absolute atomic E-state index is 12.8. The van der Waals surface area contributed by atoms with E-state index in [1.54, 1.807) is 26.2 Å². The van der Waals surface area contributed by atoms with Crippen molar-refractivity contribution in [3.8, 4) is 0 Å². The van der Waals surface area contributed by atoms with E-state index in [2.05, 4.69) is 10.5 Å². The summed E-state index contributed by atoms with van der Waals surface area (Å²) in [5.41, 5.74) is 0.825. The third-order valence-electron chi connectivity index (χ3n) is 4.03. The zero-order valence-corrected chi connectivity index (χ0v) is 18.1. The topological polar surface area (TPSA) is 91.3 Å². The van der Waals surface area contributed by atoms with Gasteiger partial charge in [0.2, 0.25) is 5.91 Å². The van der Waals surface area contributed by atoms with Crippen molar-refractivity contribution in [2.45, 2.75) is 24.8 Å². The van der Waals surface area contributed by atoms with Gasteiger partial charge in [-0.25, -0.2) is 4.79 Å². The van der Waals surface area contributed by atoms with Crippen molar-refractivity contribution >= 4 is 52.2 Å². The highest BCUT2D eigenvalue weighted by molar-refractivity contribution is 8.14. The van der Waals surface area contributed by atoms with Crippen molar-refractivity contribution in [3.05, 3.63) is 23.8 Å². The summed E-state index contributed by atoms with van der Waals surface area (Å²) < 4.78 is 0. The Hall–Kier alpha value is -2.20. The molecule has 1 aliphatic heterocycles. The van der Waals surface area contributed by atoms with E-state index < -0.39 is 6.09 Å². The third-order valence-corrected chi connectivity index (χ3v) is 5.69. The van der Waals surface area contributed by atoms with Gasteiger partial charge in [-0.3, -0.25) is 19.3 Å². The Morgan fingerprint density at radius 2 is 2.11 bits per heavy atom. The maximum atomic E-state index is 12.8. The van der Waals surface area contributed by atoms with Crippen LogP contribution in [0.5, 0.6) is 0 Å². The fourth-order valence-corrected chi connectivity index (χ4v) is 3.86. The Morgan fingerprint density at radius 3 is 2.68 bits per heavy atom. The summed E-state index contributed by atoms with van der Waals surface area (Å²) in [6.45, 7) is 3.95. The van der Waals surface area contributed by atoms with Gasteiger partial charge in [0, 0.05) is 25.0 Å². The van der Waals surface area contributed by atoms with E-state index in [9.17, 15) is 14.4 Å². The molecule has 0 atom stereocenters. The van der Waals surface area contributed by atoms with Gasteiger partial charge in [0.15, 0.2) is 0 Å². The lowest BCUT2D eigenvalue weighted by Gasteiger charge is -2.27. The molecule has 0 bridgehead atoms. The van der Waals surface area contributed by atoms with Crippen LogP contribution in [0.2, 0.25) is 0 Å². The fraction of sp³-hybridized carbons (Fsp3) is 0.444. The zero-order valence-electron chi connectivity index (χ0n) is 16.5. The minimum absolute atomic E-state index is 0.00295. The van der Waals surface area contributed by atoms with Crippen LogP contribution in [0.3, 0.4) is 0 Å². The molecule has 0 saturated carbocycles. The van der Waals surface area contributed by atoms with Crippen molar-refractivity contribution in [2.24, 2.45) is 5.16 Å². The first-order valence-electron chi connectivity index (χ1n) is 8.62. The highest BCUT2D eigenvalue weighted by Crippen LogP contribution is 2.28. The standard InChI is InChI=1S/C18H24N4O4S2/c1-11(2)22(14-7-6-12(27-5)8-13(14)17(24)19-3)18(25)26-20-15-9-21(4)16(23)10-28-15/h6-8,11H,9-10H2,1-5H3,(H,19,24). The quantitative estimate of drug-likeness (QED) is 0.444. The molecule has 3 amide bonds. The van der Waals surface area contributed by atoms with E-state index in [-0.39, 0.29) is 23.6 Å². The van der Waals surface area contributed by atoms with Gasteiger partial charge in [-0.1, -0.05) is 16.9 Å². The van der Waals surface area contributed by atoms with Gasteiger partial charge in [0.1, 0.15) is 5.04 Å². The molecule has 0 aliphatic carbocycles. The molecule has 1 fully saturated rings. The van der Waals surface area contributed by atoms with Gasteiger partial charge in [0.05, 0.1) is 23.5 Å². The number of thioether (sulfide) groups is 2. The second-order valence-electron chi connectivity index (χ2n) is 6.31. The summed E-state index contributed by atoms with van der Waals surface area (Å²) in [5, 5.41) is 7.06. The first-order chi connectivity index (χ1) is 13.3. The second-order valence-corrected chi connectivity index (χ2v) is 8.23. The van der Waals surface area contributed by atoms with Gasteiger partial charge in [0.25, 0.3) is 5.91 Å². The Bertz CT molecular complexity index is 798. The monoisotopic (exact) mass is 424 g/mol. The van der Waals surface area contributed by atoms with Gasteiger partial charge < -0.3 is 10.2 Å². The van der Waals surface area contributed by atoms with Crippen molar-refractivity contribution in [2.75, 3.05) is 37.5 Å². The molecule has 0 radical (unpaired) electrons. The van der Waals surface area contributed by atoms with Crippen LogP contribution in [0.1, 0.15) is 24.2 Å². The Kier molecular flexibility index (Phi) is 7.76. The average Bonchev–Trinajstić information content (AvgIpc) is 2.68. The summed E-state index contributed by atoms with van der Waals surface area (Å²) in [4.78, 5) is 45.6. The van der Waals surface area contributed by atoms with Crippen molar-refractivity contribution in [1.82, 2.24) is 10.2 Å². The number of hydrogen-bond acceptors (Lipinski definition) is 7. The number of hydrogen-bond donors (Lipinski definition) is 1. The largest absolute Gasteiger partial charge is 0.440 e. The molecular formula is C18H24N4O4S2. The lowest BCUT2D eigenvalue weighted by molar-refractivity contribution is -0.126. The molecule has 1 aliphatic rings. The highest BCUT2D eigenvalue weighted by Gasteiger charge is 2.27. The number of amides is 3. The molecule has 10 heteroatoms. The molecule has 1 N–H and O–H groups in total. The number of nitrogens with one attached hydrogen (secondary N) is 1. The molecule has 8 nitrogen and oxygen atoms in total. The number of anilines is 1. The molecule has 0 unspecified atom stereocenters. The molecule has 2 rings (SSSR count). The van der Waals surface area contributed by atoms with Crippen LogP contribution in [0.15, 0.2) is 28.3 Å². The summed E-state index contributed by atoms with van der Waals surface area (Å²) in [5.74, 6) is -0.0283. The number of carbonyl (C=O) groups excluding carboxylic acids is 3. The number of rotatable bonds is 5. The number of benzene rings is 1. The smallest absolute Gasteiger partial charge is 0.355 e. The van der Waals surface area contributed by atoms with E-state index in [0.29, 0.717) is 22.8 Å². The maximum Gasteiger partial charge on any atom is 0.440 e. The minimum Gasteiger partial charge on any atom is -0.355 e. The molecule has 28 heavy (non-hydrogen) atoms. The van der Waals surface area contributed by atoms with Crippen molar-refractivity contribution in [1.29, 1.82) is 0 Å². The lowest BCUT2D eigenvalue weighted by Crippen LogP contribution is -2.39. The fourth-order valence-electron chi connectivity index (χ4n) is 2.54. The molecule has 1 saturated heterocycles. The summed E-state index contributed by atoms with van der Waals surface area (Å²) in [6, 6.07) is 5.05. The molecule has 1 aromatic carbocycles. The molecule has 152 valence electrons. The summed E-state index contributed by atoms with van der Waals surface area (Å²) >= 11 is 2.75.